The normalized spacial score (nSPS) is 41.9. The van der Waals surface area contributed by atoms with Crippen LogP contribution in [0.25, 0.3) is 0 Å². The van der Waals surface area contributed by atoms with E-state index < -0.39 is 0 Å². The molecule has 6 nitrogen and oxygen atoms in total. The smallest absolute Gasteiger partial charge is 0.199 e. The van der Waals surface area contributed by atoms with E-state index in [2.05, 4.69) is 38.1 Å². The number of ether oxygens (including phenoxy) is 4. The highest BCUT2D eigenvalue weighted by atomic mass is 16.7. The average Bonchev–Trinajstić information content (AvgIpc) is 3.66. The number of aliphatic hydroxyl groups excluding tert-OH is 1. The van der Waals surface area contributed by atoms with Gasteiger partial charge in [0.25, 0.3) is 0 Å². The van der Waals surface area contributed by atoms with Gasteiger partial charge >= 0.3 is 0 Å². The minimum atomic E-state index is -0.0883. The van der Waals surface area contributed by atoms with E-state index in [1.165, 1.54) is 93.7 Å². The Morgan fingerprint density at radius 2 is 1.25 bits per heavy atom. The Bertz CT molecular complexity index is 1560. The van der Waals surface area contributed by atoms with E-state index >= 15 is 0 Å². The molecule has 6 heteroatoms. The van der Waals surface area contributed by atoms with Gasteiger partial charge in [0, 0.05) is 13.0 Å². The van der Waals surface area contributed by atoms with Crippen LogP contribution in [0.2, 0.25) is 0 Å². The van der Waals surface area contributed by atoms with Gasteiger partial charge in [0.2, 0.25) is 0 Å². The molecule has 52 heavy (non-hydrogen) atoms. The predicted molar refractivity (Wildman–Crippen MR) is 202 cm³/mol. The second-order valence-electron chi connectivity index (χ2n) is 18.7. The largest absolute Gasteiger partial charge is 0.508 e. The van der Waals surface area contributed by atoms with Crippen LogP contribution in [0.3, 0.4) is 0 Å². The quantitative estimate of drug-likeness (QED) is 0.329. The van der Waals surface area contributed by atoms with Crippen LogP contribution in [0.5, 0.6) is 11.5 Å². The van der Waals surface area contributed by atoms with E-state index in [0.717, 1.165) is 75.2 Å². The molecule has 12 atom stereocenters. The molecule has 0 bridgehead atoms. The number of aryl methyl sites for hydroxylation is 2. The molecule has 284 valence electrons. The maximum absolute atomic E-state index is 10.4. The van der Waals surface area contributed by atoms with Crippen LogP contribution in [-0.4, -0.2) is 48.2 Å². The zero-order valence-corrected chi connectivity index (χ0v) is 31.9. The molecule has 2 saturated heterocycles. The zero-order chi connectivity index (χ0) is 35.5. The fourth-order valence-electron chi connectivity index (χ4n) is 13.3. The number of fused-ring (bicyclic) bond motifs is 10. The van der Waals surface area contributed by atoms with Crippen LogP contribution >= 0.6 is 0 Å². The van der Waals surface area contributed by atoms with Crippen LogP contribution in [0.15, 0.2) is 36.4 Å². The number of phenols is 1. The SMILES string of the molecule is C[C@]12CCC3c4ccc(O)cc4CCC3C1CC[C@@H]2O.C[C@]12CCC3c4ccc(OC5CCCCO5)cc4CCC3C1CC[C@@H]2OC1CCCCO1. The van der Waals surface area contributed by atoms with Gasteiger partial charge < -0.3 is 29.2 Å². The summed E-state index contributed by atoms with van der Waals surface area (Å²) in [5.41, 5.74) is 6.43. The minimum absolute atomic E-state index is 0.0423. The van der Waals surface area contributed by atoms with Crippen molar-refractivity contribution < 1.29 is 29.2 Å². The van der Waals surface area contributed by atoms with Crippen molar-refractivity contribution in [2.24, 2.45) is 34.5 Å². The fourth-order valence-corrected chi connectivity index (χ4v) is 13.3. The molecule has 6 aliphatic carbocycles. The van der Waals surface area contributed by atoms with Gasteiger partial charge in [0.05, 0.1) is 18.8 Å². The summed E-state index contributed by atoms with van der Waals surface area (Å²) in [6.45, 7) is 6.55. The number of aromatic hydroxyl groups is 1. The summed E-state index contributed by atoms with van der Waals surface area (Å²) < 4.78 is 24.5. The number of aliphatic hydroxyl groups is 1. The lowest BCUT2D eigenvalue weighted by Gasteiger charge is -2.51. The molecule has 2 aromatic carbocycles. The summed E-state index contributed by atoms with van der Waals surface area (Å²) in [7, 11) is 0. The zero-order valence-electron chi connectivity index (χ0n) is 31.9. The predicted octanol–water partition coefficient (Wildman–Crippen LogP) is 9.97. The van der Waals surface area contributed by atoms with Gasteiger partial charge in [-0.05, 0) is 202 Å². The number of rotatable bonds is 4. The first-order chi connectivity index (χ1) is 25.3. The van der Waals surface area contributed by atoms with Gasteiger partial charge in [-0.25, -0.2) is 0 Å². The summed E-state index contributed by atoms with van der Waals surface area (Å²) in [6, 6.07) is 12.9. The van der Waals surface area contributed by atoms with Crippen molar-refractivity contribution in [1.82, 2.24) is 0 Å². The van der Waals surface area contributed by atoms with E-state index in [4.69, 9.17) is 18.9 Å². The van der Waals surface area contributed by atoms with Crippen LogP contribution in [0.4, 0.5) is 0 Å². The first-order valence-electron chi connectivity index (χ1n) is 21.5. The molecule has 4 saturated carbocycles. The Morgan fingerprint density at radius 3 is 1.94 bits per heavy atom. The molecule has 0 aromatic heterocycles. The molecule has 0 radical (unpaired) electrons. The Kier molecular flexibility index (Phi) is 9.93. The van der Waals surface area contributed by atoms with Gasteiger partial charge in [-0.3, -0.25) is 0 Å². The summed E-state index contributed by atoms with van der Waals surface area (Å²) in [4.78, 5) is 0. The van der Waals surface area contributed by atoms with Gasteiger partial charge in [-0.2, -0.15) is 0 Å². The van der Waals surface area contributed by atoms with Gasteiger partial charge in [0.1, 0.15) is 11.5 Å². The highest BCUT2D eigenvalue weighted by Gasteiger charge is 2.56. The topological polar surface area (TPSA) is 77.4 Å². The van der Waals surface area contributed by atoms with Crippen LogP contribution < -0.4 is 4.74 Å². The third kappa shape index (κ3) is 6.43. The third-order valence-electron chi connectivity index (χ3n) is 16.1. The lowest BCUT2D eigenvalue weighted by molar-refractivity contribution is -0.212. The molecule has 2 heterocycles. The van der Waals surface area contributed by atoms with Crippen molar-refractivity contribution in [3.05, 3.63) is 58.7 Å². The van der Waals surface area contributed by atoms with Crippen LogP contribution in [0.1, 0.15) is 151 Å². The van der Waals surface area contributed by atoms with E-state index in [1.807, 2.05) is 12.1 Å². The molecular formula is C46H64O6. The molecule has 6 fully saturated rings. The monoisotopic (exact) mass is 712 g/mol. The molecule has 8 aliphatic rings. The van der Waals surface area contributed by atoms with Crippen LogP contribution in [0, 0.1) is 34.5 Å². The van der Waals surface area contributed by atoms with Crippen molar-refractivity contribution in [2.75, 3.05) is 13.2 Å². The molecule has 8 unspecified atom stereocenters. The van der Waals surface area contributed by atoms with Gasteiger partial charge in [-0.1, -0.05) is 26.0 Å². The fraction of sp³-hybridized carbons (Fsp3) is 0.739. The number of hydrogen-bond donors (Lipinski definition) is 2. The Morgan fingerprint density at radius 1 is 0.635 bits per heavy atom. The summed E-state index contributed by atoms with van der Waals surface area (Å²) >= 11 is 0. The molecule has 0 spiro atoms. The molecular weight excluding hydrogens is 649 g/mol. The van der Waals surface area contributed by atoms with Crippen molar-refractivity contribution in [1.29, 1.82) is 0 Å². The maximum Gasteiger partial charge on any atom is 0.199 e. The first kappa shape index (κ1) is 35.6. The standard InChI is InChI=1S/C28H40O4.C18H24O2/c1-28-15-14-22-21-11-9-20(31-26-6-2-4-16-29-26)18-19(21)8-10-23(22)24(28)12-13-25(28)32-27-7-3-5-17-30-27;1-18-9-8-14-13-5-3-12(19)10-11(13)2-4-15(14)16(18)6-7-17(18)20/h9,11,18,22-27H,2-8,10,12-17H2,1H3;3,5,10,14-17,19-20H,2,4,6-9H2,1H3/t22?,23?,24?,25-,26?,27?,28-;14?,15?,16?,17-,18-/m00/s1. The van der Waals surface area contributed by atoms with E-state index in [0.29, 0.717) is 35.0 Å². The number of phenolic OH excluding ortho intramolecular Hbond substituents is 1. The number of benzene rings is 2. The first-order valence-corrected chi connectivity index (χ1v) is 21.5. The highest BCUT2D eigenvalue weighted by molar-refractivity contribution is 5.41. The van der Waals surface area contributed by atoms with Crippen molar-refractivity contribution in [2.45, 2.75) is 166 Å². The second-order valence-corrected chi connectivity index (χ2v) is 18.7. The molecule has 2 aromatic rings. The molecule has 2 aliphatic heterocycles. The summed E-state index contributed by atoms with van der Waals surface area (Å²) in [5, 5.41) is 20.0. The van der Waals surface area contributed by atoms with E-state index in [1.54, 1.807) is 5.56 Å². The maximum atomic E-state index is 10.4. The molecule has 2 N–H and O–H groups in total. The highest BCUT2D eigenvalue weighted by Crippen LogP contribution is 2.63. The number of hydrogen-bond acceptors (Lipinski definition) is 6. The Balaban J connectivity index is 0.000000154. The van der Waals surface area contributed by atoms with Crippen LogP contribution in [-0.2, 0) is 27.1 Å². The summed E-state index contributed by atoms with van der Waals surface area (Å²) in [5.74, 6) is 5.78. The average molecular weight is 713 g/mol. The van der Waals surface area contributed by atoms with Crippen molar-refractivity contribution in [3.63, 3.8) is 0 Å². The molecule has 10 rings (SSSR count). The minimum Gasteiger partial charge on any atom is -0.508 e. The molecule has 0 amide bonds. The third-order valence-corrected chi connectivity index (χ3v) is 16.1. The second kappa shape index (κ2) is 14.5. The van der Waals surface area contributed by atoms with Gasteiger partial charge in [0.15, 0.2) is 12.6 Å². The lowest BCUT2D eigenvalue weighted by atomic mass is 9.55. The van der Waals surface area contributed by atoms with Crippen molar-refractivity contribution in [3.8, 4) is 11.5 Å². The van der Waals surface area contributed by atoms with Gasteiger partial charge in [-0.15, -0.1) is 0 Å². The van der Waals surface area contributed by atoms with Crippen molar-refractivity contribution >= 4 is 0 Å². The Hall–Kier alpha value is -2.12. The lowest BCUT2D eigenvalue weighted by Crippen LogP contribution is -2.46. The van der Waals surface area contributed by atoms with E-state index in [9.17, 15) is 10.2 Å². The Labute approximate surface area is 312 Å². The van der Waals surface area contributed by atoms with E-state index in [-0.39, 0.29) is 24.1 Å². The summed E-state index contributed by atoms with van der Waals surface area (Å²) in [6.07, 6.45) is 21.6.